The Labute approximate surface area is 161 Å². The lowest BCUT2D eigenvalue weighted by atomic mass is 9.81. The quantitative estimate of drug-likeness (QED) is 0.843. The Balaban J connectivity index is 1.48. The van der Waals surface area contributed by atoms with Crippen LogP contribution in [0.5, 0.6) is 0 Å². The van der Waals surface area contributed by atoms with E-state index in [4.69, 9.17) is 11.6 Å². The van der Waals surface area contributed by atoms with Crippen LogP contribution in [0.1, 0.15) is 24.8 Å². The SMILES string of the molecule is O=C(NCc1c(Cl)cccc1-n1ccnc1)N1C[C@@H]2CCC[C@@]2(C(=O)O)C1. The molecule has 27 heavy (non-hydrogen) atoms. The van der Waals surface area contributed by atoms with Crippen LogP contribution in [0.2, 0.25) is 5.02 Å². The molecule has 2 aromatic rings. The summed E-state index contributed by atoms with van der Waals surface area (Å²) in [5.41, 5.74) is 0.863. The number of hydrogen-bond acceptors (Lipinski definition) is 3. The van der Waals surface area contributed by atoms with Crippen molar-refractivity contribution in [3.05, 3.63) is 47.5 Å². The minimum absolute atomic E-state index is 0.0440. The minimum atomic E-state index is -0.784. The van der Waals surface area contributed by atoms with Crippen molar-refractivity contribution >= 4 is 23.6 Å². The molecule has 0 spiro atoms. The molecule has 2 heterocycles. The molecule has 1 aliphatic heterocycles. The van der Waals surface area contributed by atoms with E-state index in [1.807, 2.05) is 22.9 Å². The zero-order valence-corrected chi connectivity index (χ0v) is 15.5. The Kier molecular flexibility index (Phi) is 4.55. The largest absolute Gasteiger partial charge is 0.481 e. The highest BCUT2D eigenvalue weighted by atomic mass is 35.5. The number of imidazole rings is 1. The number of halogens is 1. The number of carboxylic acids is 1. The van der Waals surface area contributed by atoms with E-state index in [1.54, 1.807) is 23.5 Å². The van der Waals surface area contributed by atoms with Gasteiger partial charge in [-0.05, 0) is 30.9 Å². The molecule has 0 radical (unpaired) electrons. The van der Waals surface area contributed by atoms with Crippen molar-refractivity contribution in [1.29, 1.82) is 0 Å². The zero-order valence-electron chi connectivity index (χ0n) is 14.8. The monoisotopic (exact) mass is 388 g/mol. The molecular weight excluding hydrogens is 368 g/mol. The molecule has 1 aromatic carbocycles. The number of carbonyl (C=O) groups is 2. The number of carbonyl (C=O) groups excluding carboxylic acids is 1. The van der Waals surface area contributed by atoms with Crippen LogP contribution in [-0.4, -0.2) is 44.6 Å². The van der Waals surface area contributed by atoms with E-state index in [1.165, 1.54) is 0 Å². The number of carboxylic acid groups (broad SMARTS) is 1. The van der Waals surface area contributed by atoms with Gasteiger partial charge in [-0.2, -0.15) is 0 Å². The summed E-state index contributed by atoms with van der Waals surface area (Å²) in [4.78, 5) is 30.2. The first-order valence-corrected chi connectivity index (χ1v) is 9.41. The summed E-state index contributed by atoms with van der Waals surface area (Å²) in [5.74, 6) is -0.739. The summed E-state index contributed by atoms with van der Waals surface area (Å²) < 4.78 is 1.84. The van der Waals surface area contributed by atoms with E-state index in [9.17, 15) is 14.7 Å². The maximum absolute atomic E-state index is 12.7. The lowest BCUT2D eigenvalue weighted by molar-refractivity contribution is -0.149. The molecule has 4 rings (SSSR count). The standard InChI is InChI=1S/C19H21ClN4O3/c20-15-4-1-5-16(23-8-7-21-12-23)14(15)9-22-18(27)24-10-13-3-2-6-19(13,11-24)17(25)26/h1,4-5,7-8,12-13H,2-3,6,9-11H2,(H,22,27)(H,25,26)/t13-,19+/m0/s1. The molecule has 7 nitrogen and oxygen atoms in total. The van der Waals surface area contributed by atoms with Crippen molar-refractivity contribution in [2.75, 3.05) is 13.1 Å². The van der Waals surface area contributed by atoms with Gasteiger partial charge in [-0.25, -0.2) is 9.78 Å². The number of urea groups is 1. The number of hydrogen-bond donors (Lipinski definition) is 2. The minimum Gasteiger partial charge on any atom is -0.481 e. The molecule has 1 aliphatic carbocycles. The number of aliphatic carboxylic acids is 1. The van der Waals surface area contributed by atoms with E-state index in [2.05, 4.69) is 10.3 Å². The summed E-state index contributed by atoms with van der Waals surface area (Å²) in [6.45, 7) is 1.03. The highest BCUT2D eigenvalue weighted by Gasteiger charge is 2.55. The van der Waals surface area contributed by atoms with Crippen molar-refractivity contribution in [3.63, 3.8) is 0 Å². The number of amides is 2. The highest BCUT2D eigenvalue weighted by molar-refractivity contribution is 6.31. The molecule has 1 saturated heterocycles. The Bertz CT molecular complexity index is 870. The molecule has 1 aromatic heterocycles. The molecule has 0 bridgehead atoms. The second kappa shape index (κ2) is 6.88. The third-order valence-corrected chi connectivity index (χ3v) is 6.23. The van der Waals surface area contributed by atoms with Gasteiger partial charge >= 0.3 is 12.0 Å². The first-order chi connectivity index (χ1) is 13.0. The Hall–Kier alpha value is -2.54. The van der Waals surface area contributed by atoms with Crippen molar-refractivity contribution in [2.24, 2.45) is 11.3 Å². The average molecular weight is 389 g/mol. The van der Waals surface area contributed by atoms with Gasteiger partial charge in [-0.15, -0.1) is 0 Å². The van der Waals surface area contributed by atoms with Gasteiger partial charge in [-0.3, -0.25) is 4.79 Å². The first-order valence-electron chi connectivity index (χ1n) is 9.03. The number of aromatic nitrogens is 2. The second-order valence-electron chi connectivity index (χ2n) is 7.30. The molecule has 8 heteroatoms. The van der Waals surface area contributed by atoms with Crippen molar-refractivity contribution in [1.82, 2.24) is 19.8 Å². The second-order valence-corrected chi connectivity index (χ2v) is 7.70. The van der Waals surface area contributed by atoms with Crippen LogP contribution in [0.3, 0.4) is 0 Å². The summed E-state index contributed by atoms with van der Waals surface area (Å²) in [7, 11) is 0. The van der Waals surface area contributed by atoms with Gasteiger partial charge in [-0.1, -0.05) is 24.1 Å². The van der Waals surface area contributed by atoms with Crippen LogP contribution >= 0.6 is 11.6 Å². The summed E-state index contributed by atoms with van der Waals surface area (Å²) in [5, 5.41) is 13.1. The van der Waals surface area contributed by atoms with Crippen LogP contribution in [-0.2, 0) is 11.3 Å². The van der Waals surface area contributed by atoms with Crippen LogP contribution in [0.15, 0.2) is 36.9 Å². The number of nitrogens with one attached hydrogen (secondary N) is 1. The van der Waals surface area contributed by atoms with Gasteiger partial charge < -0.3 is 19.9 Å². The lowest BCUT2D eigenvalue weighted by Gasteiger charge is -2.23. The number of likely N-dealkylation sites (tertiary alicyclic amines) is 1. The number of fused-ring (bicyclic) bond motifs is 1. The molecule has 2 atom stereocenters. The maximum atomic E-state index is 12.7. The Morgan fingerprint density at radius 2 is 2.26 bits per heavy atom. The van der Waals surface area contributed by atoms with Crippen LogP contribution in [0.4, 0.5) is 4.79 Å². The van der Waals surface area contributed by atoms with E-state index in [-0.39, 0.29) is 25.0 Å². The van der Waals surface area contributed by atoms with Gasteiger partial charge in [0, 0.05) is 42.6 Å². The predicted octanol–water partition coefficient (Wildman–Crippen LogP) is 2.92. The molecule has 1 saturated carbocycles. The van der Waals surface area contributed by atoms with Gasteiger partial charge in [0.25, 0.3) is 0 Å². The van der Waals surface area contributed by atoms with E-state index >= 15 is 0 Å². The fourth-order valence-electron chi connectivity index (χ4n) is 4.44. The number of nitrogens with zero attached hydrogens (tertiary/aromatic N) is 3. The summed E-state index contributed by atoms with van der Waals surface area (Å²) in [6.07, 6.45) is 7.60. The van der Waals surface area contributed by atoms with Crippen molar-refractivity contribution in [3.8, 4) is 5.69 Å². The third-order valence-electron chi connectivity index (χ3n) is 5.88. The van der Waals surface area contributed by atoms with E-state index in [0.717, 1.165) is 24.1 Å². The van der Waals surface area contributed by atoms with E-state index < -0.39 is 11.4 Å². The van der Waals surface area contributed by atoms with Crippen LogP contribution in [0.25, 0.3) is 5.69 Å². The molecule has 2 amide bonds. The van der Waals surface area contributed by atoms with E-state index in [0.29, 0.717) is 18.0 Å². The Morgan fingerprint density at radius 3 is 2.96 bits per heavy atom. The predicted molar refractivity (Wildman–Crippen MR) is 99.8 cm³/mol. The van der Waals surface area contributed by atoms with Crippen LogP contribution < -0.4 is 5.32 Å². The van der Waals surface area contributed by atoms with Crippen molar-refractivity contribution < 1.29 is 14.7 Å². The molecule has 0 unspecified atom stereocenters. The van der Waals surface area contributed by atoms with Gasteiger partial charge in [0.2, 0.25) is 0 Å². The fourth-order valence-corrected chi connectivity index (χ4v) is 4.67. The lowest BCUT2D eigenvalue weighted by Crippen LogP contribution is -2.41. The molecule has 2 N–H and O–H groups in total. The maximum Gasteiger partial charge on any atom is 0.317 e. The normalized spacial score (nSPS) is 24.0. The fraction of sp³-hybridized carbons (Fsp3) is 0.421. The first kappa shape index (κ1) is 17.9. The van der Waals surface area contributed by atoms with Crippen LogP contribution in [0, 0.1) is 11.3 Å². The average Bonchev–Trinajstić information content (AvgIpc) is 3.35. The van der Waals surface area contributed by atoms with Gasteiger partial charge in [0.15, 0.2) is 0 Å². The Morgan fingerprint density at radius 1 is 1.41 bits per heavy atom. The summed E-state index contributed by atoms with van der Waals surface area (Å²) >= 11 is 6.35. The zero-order chi connectivity index (χ0) is 19.0. The van der Waals surface area contributed by atoms with Gasteiger partial charge in [0.05, 0.1) is 17.4 Å². The topological polar surface area (TPSA) is 87.5 Å². The summed E-state index contributed by atoms with van der Waals surface area (Å²) in [6, 6.07) is 5.29. The molecule has 2 aliphatic rings. The number of rotatable bonds is 4. The smallest absolute Gasteiger partial charge is 0.317 e. The molecule has 142 valence electrons. The molecular formula is C19H21ClN4O3. The third kappa shape index (κ3) is 3.06. The number of benzene rings is 1. The molecule has 2 fully saturated rings. The van der Waals surface area contributed by atoms with Gasteiger partial charge in [0.1, 0.15) is 0 Å². The van der Waals surface area contributed by atoms with Crippen molar-refractivity contribution in [2.45, 2.75) is 25.8 Å². The highest BCUT2D eigenvalue weighted by Crippen LogP contribution is 2.48.